The standard InChI is InChI=1S/2C12H12N2.2C9H10O3.IOP/c2*13-12(10-6-2-1-3-7-10)11-8-4-5-9-14-11;2*1-12-8(9(10)11)7-5-3-2-4-6-7;1-3-2/h2*1-9,12H,13H2;2*2-6,8H,1H3,(H,10,11);/t12-;;;;/m0..../s1. The van der Waals surface area contributed by atoms with Crippen LogP contribution in [-0.2, 0) is 23.6 Å². The molecule has 55 heavy (non-hydrogen) atoms. The highest BCUT2D eigenvalue weighted by molar-refractivity contribution is 14.2. The van der Waals surface area contributed by atoms with Gasteiger partial charge < -0.3 is 31.2 Å². The normalized spacial score (nSPS) is 12.1. The quantitative estimate of drug-likeness (QED) is 0.0761. The summed E-state index contributed by atoms with van der Waals surface area (Å²) in [6.07, 6.45) is 1.95. The van der Waals surface area contributed by atoms with E-state index in [2.05, 4.69) is 9.97 Å². The van der Waals surface area contributed by atoms with Crippen LogP contribution in [0.4, 0.5) is 0 Å². The number of hydrogen-bond acceptors (Lipinski definition) is 9. The number of benzene rings is 4. The molecule has 0 aliphatic heterocycles. The Kier molecular flexibility index (Phi) is 22.9. The second kappa shape index (κ2) is 27.4. The lowest BCUT2D eigenvalue weighted by Crippen LogP contribution is -2.12. The Morgan fingerprint density at radius 3 is 1.00 bits per heavy atom. The molecule has 0 saturated carbocycles. The third-order valence-corrected chi connectivity index (χ3v) is 7.45. The topological polar surface area (TPSA) is 188 Å². The van der Waals surface area contributed by atoms with Crippen LogP contribution in [0.5, 0.6) is 0 Å². The number of halogens is 1. The number of ether oxygens (including phenoxy) is 2. The third-order valence-electron chi connectivity index (χ3n) is 7.45. The van der Waals surface area contributed by atoms with Crippen molar-refractivity contribution in [1.29, 1.82) is 0 Å². The molecule has 0 radical (unpaired) electrons. The van der Waals surface area contributed by atoms with Crippen LogP contribution in [0.15, 0.2) is 170 Å². The zero-order chi connectivity index (χ0) is 40.3. The minimum absolute atomic E-state index is 0.127. The van der Waals surface area contributed by atoms with Crippen molar-refractivity contribution in [2.45, 2.75) is 24.3 Å². The van der Waals surface area contributed by atoms with Crippen LogP contribution in [0.25, 0.3) is 0 Å². The molecule has 6 aromatic rings. The summed E-state index contributed by atoms with van der Waals surface area (Å²) in [5.41, 5.74) is 17.4. The zero-order valence-electron chi connectivity index (χ0n) is 30.3. The van der Waals surface area contributed by atoms with Gasteiger partial charge in [-0.25, -0.2) is 9.59 Å². The molecule has 11 nitrogen and oxygen atoms in total. The van der Waals surface area contributed by atoms with Crippen LogP contribution < -0.4 is 11.5 Å². The zero-order valence-corrected chi connectivity index (χ0v) is 33.3. The highest BCUT2D eigenvalue weighted by atomic mass is 127. The van der Waals surface area contributed by atoms with Gasteiger partial charge >= 0.3 is 11.9 Å². The van der Waals surface area contributed by atoms with E-state index in [0.29, 0.717) is 11.1 Å². The summed E-state index contributed by atoms with van der Waals surface area (Å²) in [5, 5.41) is 17.4. The maximum atomic E-state index is 10.6. The summed E-state index contributed by atoms with van der Waals surface area (Å²) in [7, 11) is 2.76. The number of carbonyl (C=O) groups is 2. The largest absolute Gasteiger partial charge is 0.479 e. The van der Waals surface area contributed by atoms with Gasteiger partial charge in [0.2, 0.25) is 6.10 Å². The van der Waals surface area contributed by atoms with Crippen molar-refractivity contribution < 1.29 is 33.8 Å². The van der Waals surface area contributed by atoms with E-state index in [0.717, 1.165) is 22.5 Å². The number of aliphatic carboxylic acids is 2. The van der Waals surface area contributed by atoms with E-state index in [4.69, 9.17) is 35.7 Å². The number of carboxylic acid groups (broad SMARTS) is 2. The van der Waals surface area contributed by atoms with Crippen LogP contribution in [0.2, 0.25) is 0 Å². The lowest BCUT2D eigenvalue weighted by molar-refractivity contribution is -0.149. The van der Waals surface area contributed by atoms with Crippen LogP contribution in [0.3, 0.4) is 0 Å². The number of rotatable bonds is 10. The smallest absolute Gasteiger partial charge is 0.337 e. The number of nitrogens with zero attached hydrogens (tertiary/aromatic N) is 2. The van der Waals surface area contributed by atoms with Gasteiger partial charge in [0.05, 0.1) is 23.5 Å². The van der Waals surface area contributed by atoms with Gasteiger partial charge in [0.25, 0.3) is 0 Å². The van der Waals surface area contributed by atoms with E-state index in [9.17, 15) is 9.59 Å². The fraction of sp³-hybridized carbons (Fsp3) is 0.143. The Hall–Kier alpha value is -5.21. The third kappa shape index (κ3) is 17.2. The van der Waals surface area contributed by atoms with Crippen LogP contribution in [-0.4, -0.2) is 46.3 Å². The SMILES string of the molecule is COC(C(=O)O)c1ccccc1.COC(C(=O)O)c1ccccc1.NC(c1ccccc1)c1ccccn1.N[C@@H](c1ccccc1)c1ccccn1.O=PI. The van der Waals surface area contributed by atoms with Gasteiger partial charge in [-0.15, -0.1) is 0 Å². The average molecular weight is 875 g/mol. The lowest BCUT2D eigenvalue weighted by atomic mass is 10.0. The van der Waals surface area contributed by atoms with E-state index < -0.39 is 24.1 Å². The number of methoxy groups -OCH3 is 2. The van der Waals surface area contributed by atoms with Crippen LogP contribution in [0, 0.1) is 0 Å². The van der Waals surface area contributed by atoms with E-state index in [1.54, 1.807) is 83.0 Å². The molecule has 4 aromatic carbocycles. The van der Waals surface area contributed by atoms with Gasteiger partial charge in [0.1, 0.15) is 0 Å². The molecule has 0 saturated heterocycles. The summed E-state index contributed by atoms with van der Waals surface area (Å²) in [4.78, 5) is 29.7. The van der Waals surface area contributed by atoms with Gasteiger partial charge in [-0.2, -0.15) is 0 Å². The maximum absolute atomic E-state index is 10.6. The monoisotopic (exact) mass is 874 g/mol. The van der Waals surface area contributed by atoms with Crippen LogP contribution >= 0.6 is 28.1 Å². The van der Waals surface area contributed by atoms with E-state index in [-0.39, 0.29) is 18.2 Å². The molecule has 3 unspecified atom stereocenters. The van der Waals surface area contributed by atoms with E-state index in [1.165, 1.54) is 14.2 Å². The van der Waals surface area contributed by atoms with Gasteiger partial charge in [-0.3, -0.25) is 14.5 Å². The molecule has 6 N–H and O–H groups in total. The molecule has 0 fully saturated rings. The predicted molar refractivity (Wildman–Crippen MR) is 223 cm³/mol. The van der Waals surface area contributed by atoms with Gasteiger partial charge in [0, 0.05) is 48.7 Å². The molecular formula is C42H44IN4O7P. The summed E-state index contributed by atoms with van der Waals surface area (Å²) in [6.45, 7) is 0. The Balaban J connectivity index is 0.000000248. The van der Waals surface area contributed by atoms with E-state index in [1.807, 2.05) is 109 Å². The Bertz CT molecular complexity index is 1690. The molecular weight excluding hydrogens is 830 g/mol. The predicted octanol–water partition coefficient (Wildman–Crippen LogP) is 8.80. The van der Waals surface area contributed by atoms with Gasteiger partial charge in [0.15, 0.2) is 12.2 Å². The molecule has 0 amide bonds. The number of aromatic nitrogens is 2. The molecule has 2 heterocycles. The van der Waals surface area contributed by atoms with Crippen molar-refractivity contribution in [3.8, 4) is 0 Å². The summed E-state index contributed by atoms with van der Waals surface area (Å²) in [6, 6.07) is 48.9. The second-order valence-electron chi connectivity index (χ2n) is 11.1. The first-order valence-corrected chi connectivity index (χ1v) is 20.3. The molecule has 0 spiro atoms. The average Bonchev–Trinajstić information content (AvgIpc) is 3.24. The van der Waals surface area contributed by atoms with Crippen LogP contribution in [0.1, 0.15) is 57.9 Å². The highest BCUT2D eigenvalue weighted by Gasteiger charge is 2.18. The first-order chi connectivity index (χ1) is 26.7. The second-order valence-corrected chi connectivity index (χ2v) is 12.4. The maximum Gasteiger partial charge on any atom is 0.337 e. The number of nitrogens with two attached hydrogens (primary N) is 2. The summed E-state index contributed by atoms with van der Waals surface area (Å²) < 4.78 is 18.5. The summed E-state index contributed by atoms with van der Waals surface area (Å²) >= 11 is 1.70. The van der Waals surface area contributed by atoms with Crippen molar-refractivity contribution in [3.63, 3.8) is 0 Å². The number of hydrogen-bond donors (Lipinski definition) is 4. The summed E-state index contributed by atoms with van der Waals surface area (Å²) in [5.74, 6) is -1.94. The van der Waals surface area contributed by atoms with E-state index >= 15 is 0 Å². The molecule has 4 atom stereocenters. The number of pyridine rings is 2. The van der Waals surface area contributed by atoms with Crippen molar-refractivity contribution >= 4 is 40.1 Å². The molecule has 0 bridgehead atoms. The molecule has 13 heteroatoms. The first kappa shape index (κ1) is 45.9. The van der Waals surface area contributed by atoms with Gasteiger partial charge in [-0.1, -0.05) is 133 Å². The minimum atomic E-state index is -0.969. The lowest BCUT2D eigenvalue weighted by Gasteiger charge is -2.10. The fourth-order valence-electron chi connectivity index (χ4n) is 4.80. The van der Waals surface area contributed by atoms with Crippen molar-refractivity contribution in [1.82, 2.24) is 9.97 Å². The molecule has 0 aliphatic rings. The van der Waals surface area contributed by atoms with Crippen molar-refractivity contribution in [2.75, 3.05) is 14.2 Å². The highest BCUT2D eigenvalue weighted by Crippen LogP contribution is 2.18. The van der Waals surface area contributed by atoms with Gasteiger partial charge in [-0.05, 0) is 46.5 Å². The fourth-order valence-corrected chi connectivity index (χ4v) is 4.80. The Morgan fingerprint density at radius 1 is 0.527 bits per heavy atom. The minimum Gasteiger partial charge on any atom is -0.479 e. The molecule has 0 aliphatic carbocycles. The molecule has 286 valence electrons. The van der Waals surface area contributed by atoms with Crippen molar-refractivity contribution in [2.24, 2.45) is 11.5 Å². The number of carboxylic acids is 2. The Morgan fingerprint density at radius 2 is 0.782 bits per heavy atom. The van der Waals surface area contributed by atoms with Crippen molar-refractivity contribution in [3.05, 3.63) is 204 Å². The Labute approximate surface area is 336 Å². The first-order valence-electron chi connectivity index (χ1n) is 16.7. The molecule has 2 aromatic heterocycles. The molecule has 6 rings (SSSR count).